The van der Waals surface area contributed by atoms with Gasteiger partial charge in [-0.15, -0.1) is 0 Å². The second kappa shape index (κ2) is 10.2. The average Bonchev–Trinajstić information content (AvgIpc) is 2.41. The van der Waals surface area contributed by atoms with Crippen molar-refractivity contribution in [1.82, 2.24) is 14.8 Å². The second-order valence-corrected chi connectivity index (χ2v) is 5.32. The number of rotatable bonds is 0. The number of hydrogen-bond acceptors (Lipinski definition) is 5. The van der Waals surface area contributed by atoms with Crippen molar-refractivity contribution in [2.45, 2.75) is 13.1 Å². The zero-order chi connectivity index (χ0) is 14.2. The van der Waals surface area contributed by atoms with Crippen LogP contribution in [0.1, 0.15) is 11.4 Å². The van der Waals surface area contributed by atoms with Crippen LogP contribution in [-0.2, 0) is 39.1 Å². The van der Waals surface area contributed by atoms with E-state index in [0.717, 1.165) is 50.8 Å². The predicted molar refractivity (Wildman–Crippen MR) is 78.5 cm³/mol. The van der Waals surface area contributed by atoms with Crippen molar-refractivity contribution in [2.75, 3.05) is 53.6 Å². The van der Waals surface area contributed by atoms with E-state index in [1.165, 1.54) is 0 Å². The number of pyridine rings is 1. The molecule has 0 aromatic carbocycles. The van der Waals surface area contributed by atoms with Gasteiger partial charge in [-0.3, -0.25) is 14.8 Å². The second-order valence-electron chi connectivity index (χ2n) is 5.32. The number of hydrogen-bond donors (Lipinski definition) is 0. The van der Waals surface area contributed by atoms with Gasteiger partial charge in [0.25, 0.3) is 0 Å². The molecule has 0 fully saturated rings. The maximum atomic E-state index is 5.56. The smallest absolute Gasteiger partial charge is 0.378 e. The molecule has 6 heteroatoms. The molecule has 0 spiro atoms. The molecule has 1 aromatic heterocycles. The number of fused-ring (bicyclic) bond motifs is 2. The summed E-state index contributed by atoms with van der Waals surface area (Å²) in [6.45, 7) is 6.35. The first-order valence-corrected chi connectivity index (χ1v) is 7.21. The Morgan fingerprint density at radius 2 is 1.33 bits per heavy atom. The molecule has 0 saturated carbocycles. The molecule has 2 rings (SSSR count). The van der Waals surface area contributed by atoms with Gasteiger partial charge in [0, 0.05) is 26.2 Å². The van der Waals surface area contributed by atoms with Gasteiger partial charge in [-0.25, -0.2) is 0 Å². The summed E-state index contributed by atoms with van der Waals surface area (Å²) in [5.74, 6) is 0. The van der Waals surface area contributed by atoms with E-state index in [9.17, 15) is 0 Å². The van der Waals surface area contributed by atoms with Crippen LogP contribution >= 0.6 is 0 Å². The first kappa shape index (κ1) is 18.5. The molecular weight excluding hydrogens is 313 g/mol. The Hall–Kier alpha value is -0.516. The summed E-state index contributed by atoms with van der Waals surface area (Å²) in [5.41, 5.74) is 2.23. The summed E-state index contributed by atoms with van der Waals surface area (Å²) in [6.07, 6.45) is 0. The maximum absolute atomic E-state index is 5.56. The number of ether oxygens (including phenoxy) is 2. The van der Waals surface area contributed by atoms with E-state index < -0.39 is 0 Å². The van der Waals surface area contributed by atoms with Gasteiger partial charge in [0.15, 0.2) is 0 Å². The van der Waals surface area contributed by atoms with Crippen molar-refractivity contribution in [1.29, 1.82) is 0 Å². The summed E-state index contributed by atoms with van der Waals surface area (Å²) in [7, 11) is 4.19. The fraction of sp³-hybridized carbons (Fsp3) is 0.667. The molecule has 120 valence electrons. The molecule has 0 saturated heterocycles. The molecule has 2 bridgehead atoms. The van der Waals surface area contributed by atoms with Crippen molar-refractivity contribution < 1.29 is 26.0 Å². The minimum atomic E-state index is 0. The summed E-state index contributed by atoms with van der Waals surface area (Å²) in [6, 6.07) is 6.26. The van der Waals surface area contributed by atoms with Crippen LogP contribution in [0.5, 0.6) is 0 Å². The Morgan fingerprint density at radius 3 is 1.81 bits per heavy atom. The zero-order valence-electron chi connectivity index (χ0n) is 12.9. The van der Waals surface area contributed by atoms with Crippen molar-refractivity contribution in [3.8, 4) is 0 Å². The molecule has 0 unspecified atom stereocenters. The van der Waals surface area contributed by atoms with Crippen LogP contribution in [0.25, 0.3) is 0 Å². The summed E-state index contributed by atoms with van der Waals surface area (Å²) in [5, 5.41) is 0. The van der Waals surface area contributed by atoms with Crippen LogP contribution in [0.3, 0.4) is 0 Å². The third-order valence-corrected chi connectivity index (χ3v) is 3.33. The third kappa shape index (κ3) is 7.34. The monoisotopic (exact) mass is 337 g/mol. The van der Waals surface area contributed by atoms with Gasteiger partial charge >= 0.3 is 16.5 Å². The van der Waals surface area contributed by atoms with Gasteiger partial charge in [-0.1, -0.05) is 6.07 Å². The quantitative estimate of drug-likeness (QED) is 0.660. The normalized spacial score (nSPS) is 20.1. The van der Waals surface area contributed by atoms with Crippen LogP contribution in [0.4, 0.5) is 0 Å². The van der Waals surface area contributed by atoms with Crippen molar-refractivity contribution in [2.24, 2.45) is 0 Å². The van der Waals surface area contributed by atoms with Gasteiger partial charge in [0.05, 0.1) is 37.8 Å². The van der Waals surface area contributed by atoms with Crippen LogP contribution in [0, 0.1) is 0 Å². The summed E-state index contributed by atoms with van der Waals surface area (Å²) >= 11 is 0. The van der Waals surface area contributed by atoms with Gasteiger partial charge in [0.1, 0.15) is 0 Å². The Balaban J connectivity index is 0.00000220. The largest absolute Gasteiger partial charge is 2.00 e. The summed E-state index contributed by atoms with van der Waals surface area (Å²) < 4.78 is 11.1. The van der Waals surface area contributed by atoms with Gasteiger partial charge in [-0.2, -0.15) is 0 Å². The number of likely N-dealkylation sites (N-methyl/N-ethyl adjacent to an activating group) is 2. The summed E-state index contributed by atoms with van der Waals surface area (Å²) in [4.78, 5) is 9.18. The third-order valence-electron chi connectivity index (χ3n) is 3.33. The molecule has 1 aliphatic rings. The van der Waals surface area contributed by atoms with E-state index in [1.54, 1.807) is 0 Å². The Bertz CT molecular complexity index is 373. The molecule has 1 aromatic rings. The fourth-order valence-corrected chi connectivity index (χ4v) is 2.18. The van der Waals surface area contributed by atoms with Crippen LogP contribution < -0.4 is 0 Å². The van der Waals surface area contributed by atoms with E-state index in [1.807, 2.05) is 0 Å². The van der Waals surface area contributed by atoms with Gasteiger partial charge in [-0.05, 0) is 26.2 Å². The molecule has 0 atom stereocenters. The first-order chi connectivity index (χ1) is 9.74. The van der Waals surface area contributed by atoms with Gasteiger partial charge < -0.3 is 9.47 Å². The van der Waals surface area contributed by atoms with E-state index in [-0.39, 0.29) is 16.5 Å². The van der Waals surface area contributed by atoms with Crippen molar-refractivity contribution in [3.63, 3.8) is 0 Å². The molecule has 0 radical (unpaired) electrons. The first-order valence-electron chi connectivity index (χ1n) is 7.21. The van der Waals surface area contributed by atoms with Crippen molar-refractivity contribution in [3.05, 3.63) is 29.6 Å². The minimum absolute atomic E-state index is 0. The van der Waals surface area contributed by atoms with E-state index in [2.05, 4.69) is 42.1 Å². The van der Waals surface area contributed by atoms with E-state index in [4.69, 9.17) is 14.5 Å². The molecule has 1 aliphatic heterocycles. The Morgan fingerprint density at radius 1 is 0.857 bits per heavy atom. The zero-order valence-corrected chi connectivity index (χ0v) is 13.9. The molecule has 0 N–H and O–H groups in total. The molecule has 5 nitrogen and oxygen atoms in total. The molecule has 2 heterocycles. The van der Waals surface area contributed by atoms with Crippen LogP contribution in [-0.4, -0.2) is 68.4 Å². The topological polar surface area (TPSA) is 37.8 Å². The van der Waals surface area contributed by atoms with Crippen molar-refractivity contribution >= 4 is 0 Å². The average molecular weight is 338 g/mol. The number of nitrogens with zero attached hydrogens (tertiary/aromatic N) is 3. The molecular formula is C15H25N3NiO2+2. The SMILES string of the molecule is CN1CCOCCOCCN(C)Cc2cccc(n2)C1.[Ni+2]. The Kier molecular flexibility index (Phi) is 9.05. The molecule has 0 aliphatic carbocycles. The van der Waals surface area contributed by atoms with E-state index >= 15 is 0 Å². The van der Waals surface area contributed by atoms with Crippen LogP contribution in [0.15, 0.2) is 18.2 Å². The fourth-order valence-electron chi connectivity index (χ4n) is 2.18. The number of aromatic nitrogens is 1. The molecule has 0 amide bonds. The standard InChI is InChI=1S/C15H25N3O2.Ni/c1-17-6-8-19-10-11-20-9-7-18(2)13-15-5-3-4-14(12-17)16-15;/h3-5H,6-13H2,1-2H3;/q;+2. The van der Waals surface area contributed by atoms with Gasteiger partial charge in [0.2, 0.25) is 0 Å². The minimum Gasteiger partial charge on any atom is -0.378 e. The Labute approximate surface area is 137 Å². The molecule has 21 heavy (non-hydrogen) atoms. The van der Waals surface area contributed by atoms with E-state index in [0.29, 0.717) is 13.2 Å². The predicted octanol–water partition coefficient (Wildman–Crippen LogP) is 0.989. The maximum Gasteiger partial charge on any atom is 2.00 e. The van der Waals surface area contributed by atoms with Crippen LogP contribution in [0.2, 0.25) is 0 Å².